The monoisotopic (exact) mass is 394 g/mol. The van der Waals surface area contributed by atoms with Crippen molar-refractivity contribution in [3.8, 4) is 11.5 Å². The highest BCUT2D eigenvalue weighted by Gasteiger charge is 2.09. The topological polar surface area (TPSA) is 69.2 Å². The molecule has 0 bridgehead atoms. The molecule has 0 aromatic heterocycles. The average molecular weight is 395 g/mol. The van der Waals surface area contributed by atoms with E-state index in [4.69, 9.17) is 25.9 Å². The fourth-order valence-corrected chi connectivity index (χ4v) is 2.25. The summed E-state index contributed by atoms with van der Waals surface area (Å²) in [5.41, 5.74) is 0.717. The largest absolute Gasteiger partial charge is 0.493 e. The Morgan fingerprint density at radius 1 is 1.26 bits per heavy atom. The van der Waals surface area contributed by atoms with E-state index in [1.807, 2.05) is 13.8 Å². The van der Waals surface area contributed by atoms with E-state index in [0.717, 1.165) is 6.07 Å². The van der Waals surface area contributed by atoms with E-state index in [9.17, 15) is 9.18 Å². The highest BCUT2D eigenvalue weighted by Crippen LogP contribution is 2.28. The second kappa shape index (κ2) is 9.78. The van der Waals surface area contributed by atoms with Gasteiger partial charge in [-0.15, -0.1) is 0 Å². The zero-order valence-corrected chi connectivity index (χ0v) is 15.9. The molecule has 0 aliphatic heterocycles. The van der Waals surface area contributed by atoms with Gasteiger partial charge in [0.15, 0.2) is 18.1 Å². The van der Waals surface area contributed by atoms with Gasteiger partial charge in [-0.1, -0.05) is 16.8 Å². The molecule has 1 amide bonds. The number of halogens is 2. The van der Waals surface area contributed by atoms with Crippen molar-refractivity contribution in [1.29, 1.82) is 0 Å². The Bertz CT molecular complexity index is 827. The molecule has 1 N–H and O–H groups in total. The van der Waals surface area contributed by atoms with Crippen molar-refractivity contribution in [3.05, 3.63) is 52.8 Å². The zero-order chi connectivity index (χ0) is 19.8. The summed E-state index contributed by atoms with van der Waals surface area (Å²) >= 11 is 5.66. The number of methoxy groups -OCH3 is 1. The van der Waals surface area contributed by atoms with E-state index in [0.29, 0.717) is 17.1 Å². The molecule has 0 fully saturated rings. The van der Waals surface area contributed by atoms with Crippen LogP contribution in [0, 0.1) is 5.82 Å². The third-order valence-electron chi connectivity index (χ3n) is 3.23. The van der Waals surface area contributed by atoms with Crippen LogP contribution in [0.4, 0.5) is 10.1 Å². The first-order valence-electron chi connectivity index (χ1n) is 8.14. The molecule has 0 aliphatic carbocycles. The number of ether oxygens (including phenoxy) is 2. The van der Waals surface area contributed by atoms with Gasteiger partial charge in [0.1, 0.15) is 5.82 Å². The number of carbonyl (C=O) groups excluding carboxylic acids is 1. The molecule has 6 nitrogen and oxygen atoms in total. The number of hydrogen-bond donors (Lipinski definition) is 1. The fourth-order valence-electron chi connectivity index (χ4n) is 2.09. The standard InChI is InChI=1S/C19H20ClFN2O4/c1-12(2)27-17-7-4-13(8-18(17)25-3)10-22-26-11-19(24)23-16-6-5-14(20)9-15(16)21/h4-10,12H,11H2,1-3H3,(H,23,24)/b22-10-. The van der Waals surface area contributed by atoms with Gasteiger partial charge in [-0.25, -0.2) is 4.39 Å². The fraction of sp³-hybridized carbons (Fsp3) is 0.263. The highest BCUT2D eigenvalue weighted by molar-refractivity contribution is 6.30. The van der Waals surface area contributed by atoms with E-state index < -0.39 is 11.7 Å². The van der Waals surface area contributed by atoms with Crippen LogP contribution in [-0.4, -0.2) is 31.9 Å². The molecular weight excluding hydrogens is 375 g/mol. The summed E-state index contributed by atoms with van der Waals surface area (Å²) in [6.07, 6.45) is 1.45. The van der Waals surface area contributed by atoms with Crippen LogP contribution < -0.4 is 14.8 Å². The third-order valence-corrected chi connectivity index (χ3v) is 3.46. The van der Waals surface area contributed by atoms with Gasteiger partial charge in [-0.05, 0) is 50.2 Å². The van der Waals surface area contributed by atoms with E-state index in [2.05, 4.69) is 10.5 Å². The first-order valence-corrected chi connectivity index (χ1v) is 8.51. The van der Waals surface area contributed by atoms with Crippen molar-refractivity contribution in [2.75, 3.05) is 19.0 Å². The maximum atomic E-state index is 13.6. The molecule has 0 aliphatic rings. The van der Waals surface area contributed by atoms with Gasteiger partial charge in [0.05, 0.1) is 25.1 Å². The predicted octanol–water partition coefficient (Wildman–Crippen LogP) is 4.26. The molecule has 0 atom stereocenters. The van der Waals surface area contributed by atoms with Crippen LogP contribution in [0.2, 0.25) is 5.02 Å². The quantitative estimate of drug-likeness (QED) is 0.536. The van der Waals surface area contributed by atoms with Gasteiger partial charge in [-0.3, -0.25) is 4.79 Å². The molecule has 144 valence electrons. The molecule has 0 heterocycles. The Labute approximate surface area is 161 Å². The molecule has 27 heavy (non-hydrogen) atoms. The van der Waals surface area contributed by atoms with E-state index in [1.165, 1.54) is 18.3 Å². The van der Waals surface area contributed by atoms with E-state index in [1.54, 1.807) is 25.3 Å². The van der Waals surface area contributed by atoms with E-state index >= 15 is 0 Å². The number of anilines is 1. The maximum Gasteiger partial charge on any atom is 0.265 e. The summed E-state index contributed by atoms with van der Waals surface area (Å²) in [5.74, 6) is 0.000306. The Hall–Kier alpha value is -2.80. The second-order valence-electron chi connectivity index (χ2n) is 5.76. The number of hydrogen-bond acceptors (Lipinski definition) is 5. The zero-order valence-electron chi connectivity index (χ0n) is 15.2. The third kappa shape index (κ3) is 6.45. The minimum Gasteiger partial charge on any atom is -0.493 e. The van der Waals surface area contributed by atoms with Crippen LogP contribution in [0.25, 0.3) is 0 Å². The van der Waals surface area contributed by atoms with Crippen LogP contribution in [-0.2, 0) is 9.63 Å². The lowest BCUT2D eigenvalue weighted by Crippen LogP contribution is -2.17. The van der Waals surface area contributed by atoms with Crippen LogP contribution >= 0.6 is 11.6 Å². The lowest BCUT2D eigenvalue weighted by Gasteiger charge is -2.13. The number of carbonyl (C=O) groups is 1. The van der Waals surface area contributed by atoms with Crippen molar-refractivity contribution in [1.82, 2.24) is 0 Å². The summed E-state index contributed by atoms with van der Waals surface area (Å²) < 4.78 is 24.5. The minimum atomic E-state index is -0.629. The van der Waals surface area contributed by atoms with Crippen LogP contribution in [0.1, 0.15) is 19.4 Å². The SMILES string of the molecule is COc1cc(/C=N\OCC(=O)Nc2ccc(Cl)cc2F)ccc1OC(C)C. The number of oxime groups is 1. The number of rotatable bonds is 8. The van der Waals surface area contributed by atoms with Gasteiger partial charge in [0, 0.05) is 10.6 Å². The van der Waals surface area contributed by atoms with Crippen molar-refractivity contribution in [2.24, 2.45) is 5.16 Å². The van der Waals surface area contributed by atoms with Crippen molar-refractivity contribution in [2.45, 2.75) is 20.0 Å². The molecule has 0 unspecified atom stereocenters. The molecule has 2 aromatic carbocycles. The number of benzene rings is 2. The molecule has 0 saturated carbocycles. The second-order valence-corrected chi connectivity index (χ2v) is 6.19. The number of nitrogens with one attached hydrogen (secondary N) is 1. The highest BCUT2D eigenvalue weighted by atomic mass is 35.5. The van der Waals surface area contributed by atoms with Gasteiger partial charge in [0.25, 0.3) is 5.91 Å². The molecule has 2 aromatic rings. The molecule has 0 radical (unpaired) electrons. The van der Waals surface area contributed by atoms with E-state index in [-0.39, 0.29) is 23.4 Å². The maximum absolute atomic E-state index is 13.6. The van der Waals surface area contributed by atoms with Gasteiger partial charge in [0.2, 0.25) is 0 Å². The molecule has 0 saturated heterocycles. The number of amides is 1. The molecule has 2 rings (SSSR count). The lowest BCUT2D eigenvalue weighted by atomic mass is 10.2. The lowest BCUT2D eigenvalue weighted by molar-refractivity contribution is -0.120. The summed E-state index contributed by atoms with van der Waals surface area (Å²) in [6.45, 7) is 3.47. The first-order chi connectivity index (χ1) is 12.9. The Kier molecular flexibility index (Phi) is 7.43. The van der Waals surface area contributed by atoms with Gasteiger partial charge < -0.3 is 19.6 Å². The van der Waals surface area contributed by atoms with Crippen LogP contribution in [0.3, 0.4) is 0 Å². The van der Waals surface area contributed by atoms with Crippen molar-refractivity contribution in [3.63, 3.8) is 0 Å². The predicted molar refractivity (Wildman–Crippen MR) is 102 cm³/mol. The molecule has 0 spiro atoms. The average Bonchev–Trinajstić information content (AvgIpc) is 2.61. The molecule has 8 heteroatoms. The van der Waals surface area contributed by atoms with Crippen LogP contribution in [0.15, 0.2) is 41.6 Å². The summed E-state index contributed by atoms with van der Waals surface area (Å²) in [4.78, 5) is 16.7. The normalized spacial score (nSPS) is 10.9. The summed E-state index contributed by atoms with van der Waals surface area (Å²) in [6, 6.07) is 9.21. The van der Waals surface area contributed by atoms with Crippen LogP contribution in [0.5, 0.6) is 11.5 Å². The Balaban J connectivity index is 1.88. The van der Waals surface area contributed by atoms with Crippen molar-refractivity contribution >= 4 is 29.4 Å². The van der Waals surface area contributed by atoms with Crippen molar-refractivity contribution < 1.29 is 23.5 Å². The smallest absolute Gasteiger partial charge is 0.265 e. The molecular formula is C19H20ClFN2O4. The van der Waals surface area contributed by atoms with Gasteiger partial charge >= 0.3 is 0 Å². The van der Waals surface area contributed by atoms with Gasteiger partial charge in [-0.2, -0.15) is 0 Å². The number of nitrogens with zero attached hydrogens (tertiary/aromatic N) is 1. The summed E-state index contributed by atoms with van der Waals surface area (Å²) in [7, 11) is 1.54. The Morgan fingerprint density at radius 3 is 2.70 bits per heavy atom. The summed E-state index contributed by atoms with van der Waals surface area (Å²) in [5, 5.41) is 6.34. The Morgan fingerprint density at radius 2 is 2.04 bits per heavy atom. The minimum absolute atomic E-state index is 0.0162. The first kappa shape index (κ1) is 20.5.